The van der Waals surface area contributed by atoms with Crippen molar-refractivity contribution in [3.05, 3.63) is 74.8 Å². The monoisotopic (exact) mass is 356 g/mol. The number of carbonyl (C=O) groups is 1. The highest BCUT2D eigenvalue weighted by Gasteiger charge is 2.17. The third kappa shape index (κ3) is 3.88. The van der Waals surface area contributed by atoms with Crippen LogP contribution in [0.3, 0.4) is 0 Å². The largest absolute Gasteiger partial charge is 0.459 e. The molecule has 2 heterocycles. The van der Waals surface area contributed by atoms with Gasteiger partial charge in [0.05, 0.1) is 22.2 Å². The van der Waals surface area contributed by atoms with Crippen LogP contribution in [-0.4, -0.2) is 22.0 Å². The topological polar surface area (TPSA) is 72.0 Å². The molecule has 0 saturated carbocycles. The van der Waals surface area contributed by atoms with Gasteiger partial charge in [-0.1, -0.05) is 23.7 Å². The summed E-state index contributed by atoms with van der Waals surface area (Å²) in [4.78, 5) is 31.3. The maximum Gasteiger partial charge on any atom is 0.340 e. The van der Waals surface area contributed by atoms with Crippen LogP contribution in [0.5, 0.6) is 0 Å². The van der Waals surface area contributed by atoms with Gasteiger partial charge in [0, 0.05) is 17.6 Å². The molecule has 1 N–H and O–H groups in total. The maximum atomic E-state index is 12.5. The first kappa shape index (κ1) is 17.2. The average molecular weight is 357 g/mol. The molecule has 1 atom stereocenters. The Morgan fingerprint density at radius 1 is 1.28 bits per heavy atom. The fourth-order valence-corrected chi connectivity index (χ4v) is 2.78. The van der Waals surface area contributed by atoms with E-state index in [1.54, 1.807) is 25.1 Å². The van der Waals surface area contributed by atoms with Crippen molar-refractivity contribution < 1.29 is 9.53 Å². The van der Waals surface area contributed by atoms with Crippen LogP contribution < -0.4 is 5.56 Å². The van der Waals surface area contributed by atoms with Crippen molar-refractivity contribution in [3.8, 4) is 0 Å². The Labute approximate surface area is 149 Å². The lowest BCUT2D eigenvalue weighted by Crippen LogP contribution is -2.19. The normalized spacial score (nSPS) is 12.1. The molecule has 1 unspecified atom stereocenters. The molecule has 1 aromatic carbocycles. The summed E-state index contributed by atoms with van der Waals surface area (Å²) in [5.41, 5.74) is 2.11. The number of aryl methyl sites for hydroxylation is 1. The first-order valence-electron chi connectivity index (χ1n) is 7.88. The molecular weight excluding hydrogens is 340 g/mol. The second-order valence-electron chi connectivity index (χ2n) is 5.91. The van der Waals surface area contributed by atoms with Crippen LogP contribution in [0.4, 0.5) is 0 Å². The van der Waals surface area contributed by atoms with Crippen LogP contribution in [0.1, 0.15) is 28.5 Å². The third-order valence-corrected chi connectivity index (χ3v) is 4.16. The Kier molecular flexibility index (Phi) is 4.86. The number of aromatic amines is 1. The molecule has 3 aromatic rings. The Morgan fingerprint density at radius 3 is 2.72 bits per heavy atom. The lowest BCUT2D eigenvalue weighted by Gasteiger charge is -2.14. The maximum absolute atomic E-state index is 12.5. The Balaban J connectivity index is 1.79. The van der Waals surface area contributed by atoms with Gasteiger partial charge in [-0.25, -0.2) is 4.79 Å². The van der Waals surface area contributed by atoms with Crippen molar-refractivity contribution in [2.75, 3.05) is 0 Å². The van der Waals surface area contributed by atoms with Gasteiger partial charge in [0.2, 0.25) is 0 Å². The molecule has 25 heavy (non-hydrogen) atoms. The van der Waals surface area contributed by atoms with Gasteiger partial charge in [-0.15, -0.1) is 0 Å². The summed E-state index contributed by atoms with van der Waals surface area (Å²) in [6.45, 7) is 3.55. The minimum atomic E-state index is -0.489. The zero-order valence-electron chi connectivity index (χ0n) is 13.9. The molecule has 0 saturated heterocycles. The number of aromatic nitrogens is 2. The van der Waals surface area contributed by atoms with E-state index in [2.05, 4.69) is 9.97 Å². The van der Waals surface area contributed by atoms with Crippen molar-refractivity contribution in [2.45, 2.75) is 26.4 Å². The highest BCUT2D eigenvalue weighted by molar-refractivity contribution is 6.30. The number of pyridine rings is 2. The molecule has 3 rings (SSSR count). The number of carbonyl (C=O) groups excluding carboxylic acids is 1. The number of fused-ring (bicyclic) bond motifs is 1. The predicted molar refractivity (Wildman–Crippen MR) is 97.1 cm³/mol. The highest BCUT2D eigenvalue weighted by Crippen LogP contribution is 2.16. The fraction of sp³-hybridized carbons (Fsp3) is 0.211. The van der Waals surface area contributed by atoms with Crippen molar-refractivity contribution >= 4 is 28.5 Å². The second kappa shape index (κ2) is 7.07. The molecular formula is C19H17ClN2O3. The van der Waals surface area contributed by atoms with Gasteiger partial charge in [-0.3, -0.25) is 9.78 Å². The molecule has 0 aliphatic rings. The van der Waals surface area contributed by atoms with Crippen LogP contribution in [0, 0.1) is 6.92 Å². The number of hydrogen-bond acceptors (Lipinski definition) is 4. The first-order chi connectivity index (χ1) is 11.9. The molecule has 0 aliphatic carbocycles. The number of benzene rings is 1. The van der Waals surface area contributed by atoms with Crippen LogP contribution >= 0.6 is 11.6 Å². The fourth-order valence-electron chi connectivity index (χ4n) is 2.65. The van der Waals surface area contributed by atoms with E-state index >= 15 is 0 Å². The van der Waals surface area contributed by atoms with Gasteiger partial charge >= 0.3 is 5.97 Å². The van der Waals surface area contributed by atoms with Gasteiger partial charge in [0.15, 0.2) is 0 Å². The molecule has 0 amide bonds. The van der Waals surface area contributed by atoms with Crippen molar-refractivity contribution in [3.63, 3.8) is 0 Å². The molecule has 0 aliphatic heterocycles. The molecule has 0 spiro atoms. The molecule has 128 valence electrons. The molecule has 0 fully saturated rings. The van der Waals surface area contributed by atoms with Crippen molar-refractivity contribution in [2.24, 2.45) is 0 Å². The smallest absolute Gasteiger partial charge is 0.340 e. The molecule has 2 aromatic heterocycles. The van der Waals surface area contributed by atoms with Crippen LogP contribution in [-0.2, 0) is 11.2 Å². The van der Waals surface area contributed by atoms with E-state index in [-0.39, 0.29) is 11.7 Å². The molecule has 6 heteroatoms. The first-order valence-corrected chi connectivity index (χ1v) is 8.26. The predicted octanol–water partition coefficient (Wildman–Crippen LogP) is 3.67. The summed E-state index contributed by atoms with van der Waals surface area (Å²) in [6.07, 6.45) is 1.78. The van der Waals surface area contributed by atoms with Gasteiger partial charge in [-0.2, -0.15) is 0 Å². The van der Waals surface area contributed by atoms with E-state index in [4.69, 9.17) is 16.3 Å². The number of halogens is 1. The highest BCUT2D eigenvalue weighted by atomic mass is 35.5. The van der Waals surface area contributed by atoms with E-state index in [1.165, 1.54) is 12.3 Å². The number of ether oxygens (including phenoxy) is 1. The number of rotatable bonds is 4. The minimum Gasteiger partial charge on any atom is -0.459 e. The quantitative estimate of drug-likeness (QED) is 0.724. The van der Waals surface area contributed by atoms with Gasteiger partial charge < -0.3 is 9.72 Å². The number of H-pyrrole nitrogens is 1. The number of esters is 1. The number of nitrogens with zero attached hydrogens (tertiary/aromatic N) is 1. The SMILES string of the molecule is Cc1nc2cc[nH]c(=O)c2cc1C(=O)OC(C)Cc1ccc(Cl)cc1. The Morgan fingerprint density at radius 2 is 2.00 bits per heavy atom. The number of nitrogens with one attached hydrogen (secondary N) is 1. The molecule has 0 bridgehead atoms. The lowest BCUT2D eigenvalue weighted by atomic mass is 10.1. The number of hydrogen-bond donors (Lipinski definition) is 1. The van der Waals surface area contributed by atoms with Gasteiger partial charge in [0.1, 0.15) is 6.10 Å². The van der Waals surface area contributed by atoms with E-state index in [1.807, 2.05) is 19.1 Å². The molecule has 5 nitrogen and oxygen atoms in total. The lowest BCUT2D eigenvalue weighted by molar-refractivity contribution is 0.0342. The summed E-state index contributed by atoms with van der Waals surface area (Å²) < 4.78 is 5.52. The standard InChI is InChI=1S/C19H17ClN2O3/c1-11(9-13-3-5-14(20)6-4-13)25-19(24)15-10-16-17(22-12(15)2)7-8-21-18(16)23/h3-8,10-11H,9H2,1-2H3,(H,21,23). The summed E-state index contributed by atoms with van der Waals surface area (Å²) in [6, 6.07) is 10.6. The van der Waals surface area contributed by atoms with Crippen LogP contribution in [0.15, 0.2) is 47.4 Å². The van der Waals surface area contributed by atoms with E-state index in [0.29, 0.717) is 33.6 Å². The Bertz CT molecular complexity index is 980. The zero-order valence-corrected chi connectivity index (χ0v) is 14.6. The summed E-state index contributed by atoms with van der Waals surface area (Å²) in [5.74, 6) is -0.489. The summed E-state index contributed by atoms with van der Waals surface area (Å²) in [7, 11) is 0. The summed E-state index contributed by atoms with van der Waals surface area (Å²) in [5, 5.41) is 1.03. The van der Waals surface area contributed by atoms with Gasteiger partial charge in [0.25, 0.3) is 5.56 Å². The zero-order chi connectivity index (χ0) is 18.0. The van der Waals surface area contributed by atoms with E-state index in [9.17, 15) is 9.59 Å². The van der Waals surface area contributed by atoms with Gasteiger partial charge in [-0.05, 0) is 43.7 Å². The average Bonchev–Trinajstić information content (AvgIpc) is 2.56. The van der Waals surface area contributed by atoms with Crippen molar-refractivity contribution in [1.82, 2.24) is 9.97 Å². The third-order valence-electron chi connectivity index (χ3n) is 3.91. The summed E-state index contributed by atoms with van der Waals surface area (Å²) >= 11 is 5.87. The van der Waals surface area contributed by atoms with E-state index in [0.717, 1.165) is 5.56 Å². The van der Waals surface area contributed by atoms with Crippen molar-refractivity contribution in [1.29, 1.82) is 0 Å². The second-order valence-corrected chi connectivity index (χ2v) is 6.34. The van der Waals surface area contributed by atoms with E-state index < -0.39 is 5.97 Å². The Hall–Kier alpha value is -2.66. The molecule has 0 radical (unpaired) electrons. The minimum absolute atomic E-state index is 0.284. The van der Waals surface area contributed by atoms with Crippen LogP contribution in [0.25, 0.3) is 10.9 Å². The van der Waals surface area contributed by atoms with Crippen LogP contribution in [0.2, 0.25) is 5.02 Å².